The predicted molar refractivity (Wildman–Crippen MR) is 100 cm³/mol. The van der Waals surface area contributed by atoms with E-state index in [-0.39, 0.29) is 11.1 Å². The number of aromatic nitrogens is 1. The van der Waals surface area contributed by atoms with Crippen LogP contribution in [0.5, 0.6) is 0 Å². The number of hydrogen-bond donors (Lipinski definition) is 2. The Kier molecular flexibility index (Phi) is 5.78. The first kappa shape index (κ1) is 20.3. The lowest BCUT2D eigenvalue weighted by Crippen LogP contribution is -2.19. The van der Waals surface area contributed by atoms with Gasteiger partial charge in [0.1, 0.15) is 11.4 Å². The normalized spacial score (nSPS) is 12.6. The summed E-state index contributed by atoms with van der Waals surface area (Å²) in [4.78, 5) is 14.8. The van der Waals surface area contributed by atoms with Crippen LogP contribution >= 0.6 is 0 Å². The Balaban J connectivity index is 2.25. The molecule has 2 N–H and O–H groups in total. The minimum absolute atomic E-state index is 0.0145. The van der Waals surface area contributed by atoms with Gasteiger partial charge in [0.15, 0.2) is 0 Å². The first-order chi connectivity index (χ1) is 12.5. The van der Waals surface area contributed by atoms with E-state index in [4.69, 9.17) is 5.41 Å². The van der Waals surface area contributed by atoms with Gasteiger partial charge in [-0.05, 0) is 46.5 Å². The third-order valence-corrected chi connectivity index (χ3v) is 3.75. The number of anilines is 2. The maximum atomic E-state index is 12.5. The highest BCUT2D eigenvalue weighted by Crippen LogP contribution is 2.26. The lowest BCUT2D eigenvalue weighted by molar-refractivity contribution is -0.0583. The first-order valence-corrected chi connectivity index (χ1v) is 8.05. The van der Waals surface area contributed by atoms with Crippen LogP contribution in [0, 0.1) is 10.3 Å². The molecule has 27 heavy (non-hydrogen) atoms. The second-order valence-corrected chi connectivity index (χ2v) is 6.91. The van der Waals surface area contributed by atoms with Crippen molar-refractivity contribution < 1.29 is 13.2 Å². The fourth-order valence-corrected chi connectivity index (χ4v) is 2.23. The largest absolute Gasteiger partial charge is 0.432 e. The van der Waals surface area contributed by atoms with Crippen molar-refractivity contribution in [3.63, 3.8) is 0 Å². The maximum absolute atomic E-state index is 12.5. The fourth-order valence-electron chi connectivity index (χ4n) is 2.23. The van der Waals surface area contributed by atoms with Crippen LogP contribution in [0.1, 0.15) is 32.0 Å². The van der Waals surface area contributed by atoms with Crippen molar-refractivity contribution in [2.24, 2.45) is 5.18 Å². The van der Waals surface area contributed by atoms with E-state index >= 15 is 0 Å². The molecule has 0 aliphatic rings. The van der Waals surface area contributed by atoms with E-state index in [1.54, 1.807) is 6.07 Å². The SMILES string of the molecule is CC(C)(C)c1ccc(Nc2ccnc(/C(=C/C(=N)C(F)(F)F)N=O)c2)cc1. The number of allylic oxidation sites excluding steroid dienone is 1. The van der Waals surface area contributed by atoms with Crippen LogP contribution < -0.4 is 5.32 Å². The topological polar surface area (TPSA) is 78.2 Å². The molecule has 0 saturated carbocycles. The molecular formula is C19H19F3N4O. The molecule has 0 fully saturated rings. The van der Waals surface area contributed by atoms with E-state index in [9.17, 15) is 18.1 Å². The van der Waals surface area contributed by atoms with Gasteiger partial charge in [-0.2, -0.15) is 13.2 Å². The average molecular weight is 376 g/mol. The zero-order valence-corrected chi connectivity index (χ0v) is 15.1. The number of hydrogen-bond acceptors (Lipinski definition) is 5. The van der Waals surface area contributed by atoms with Crippen molar-refractivity contribution in [2.45, 2.75) is 32.4 Å². The van der Waals surface area contributed by atoms with Crippen molar-refractivity contribution in [3.8, 4) is 0 Å². The lowest BCUT2D eigenvalue weighted by atomic mass is 9.87. The Hall–Kier alpha value is -3.03. The molecule has 0 aliphatic heterocycles. The van der Waals surface area contributed by atoms with Crippen molar-refractivity contribution >= 4 is 22.8 Å². The third kappa shape index (κ3) is 5.47. The van der Waals surface area contributed by atoms with Gasteiger partial charge in [-0.25, -0.2) is 0 Å². The van der Waals surface area contributed by atoms with Gasteiger partial charge in [0.2, 0.25) is 0 Å². The van der Waals surface area contributed by atoms with E-state index < -0.39 is 17.6 Å². The van der Waals surface area contributed by atoms with Crippen LogP contribution in [0.25, 0.3) is 5.70 Å². The van der Waals surface area contributed by atoms with Gasteiger partial charge in [0.05, 0.1) is 5.69 Å². The second-order valence-electron chi connectivity index (χ2n) is 6.91. The van der Waals surface area contributed by atoms with Crippen LogP contribution in [0.2, 0.25) is 0 Å². The zero-order valence-electron chi connectivity index (χ0n) is 15.1. The van der Waals surface area contributed by atoms with Crippen LogP contribution in [0.15, 0.2) is 53.8 Å². The van der Waals surface area contributed by atoms with E-state index in [0.717, 1.165) is 11.3 Å². The number of nitroso groups, excluding NO2 is 1. The van der Waals surface area contributed by atoms with Gasteiger partial charge < -0.3 is 5.32 Å². The molecular weight excluding hydrogens is 357 g/mol. The Labute approximate surface area is 154 Å². The Morgan fingerprint density at radius 3 is 2.26 bits per heavy atom. The first-order valence-electron chi connectivity index (χ1n) is 8.05. The standard InChI is InChI=1S/C19H19F3N4O/c1-18(2,3)12-4-6-13(7-5-12)25-14-8-9-24-15(10-14)16(26-27)11-17(23)19(20,21)22/h4-11,23H,1-3H3,(H,24,25)/b16-11-,23-17?. The van der Waals surface area contributed by atoms with Gasteiger partial charge in [-0.1, -0.05) is 32.9 Å². The highest BCUT2D eigenvalue weighted by atomic mass is 19.4. The number of alkyl halides is 3. The summed E-state index contributed by atoms with van der Waals surface area (Å²) in [5.74, 6) is 0. The molecule has 0 amide bonds. The summed E-state index contributed by atoms with van der Waals surface area (Å²) in [5, 5.41) is 12.7. The Morgan fingerprint density at radius 1 is 1.11 bits per heavy atom. The maximum Gasteiger partial charge on any atom is 0.432 e. The molecule has 2 rings (SSSR count). The summed E-state index contributed by atoms with van der Waals surface area (Å²) in [6.45, 7) is 6.30. The van der Waals surface area contributed by atoms with Gasteiger partial charge in [0.25, 0.3) is 0 Å². The van der Waals surface area contributed by atoms with E-state index in [1.807, 2.05) is 24.3 Å². The van der Waals surface area contributed by atoms with Crippen molar-refractivity contribution in [1.29, 1.82) is 5.41 Å². The number of halogens is 3. The Bertz CT molecular complexity index is 866. The number of rotatable bonds is 5. The molecule has 5 nitrogen and oxygen atoms in total. The molecule has 0 bridgehead atoms. The molecule has 0 radical (unpaired) electrons. The summed E-state index contributed by atoms with van der Waals surface area (Å²) < 4.78 is 37.5. The van der Waals surface area contributed by atoms with Crippen molar-refractivity contribution in [1.82, 2.24) is 4.98 Å². The molecule has 0 saturated heterocycles. The third-order valence-electron chi connectivity index (χ3n) is 3.75. The summed E-state index contributed by atoms with van der Waals surface area (Å²) in [5.41, 5.74) is 0.170. The zero-order chi connectivity index (χ0) is 20.2. The van der Waals surface area contributed by atoms with Gasteiger partial charge >= 0.3 is 6.18 Å². The number of benzene rings is 1. The van der Waals surface area contributed by atoms with Crippen LogP contribution in [0.4, 0.5) is 24.5 Å². The molecule has 1 aromatic heterocycles. The van der Waals surface area contributed by atoms with Gasteiger partial charge in [-0.3, -0.25) is 10.4 Å². The van der Waals surface area contributed by atoms with E-state index in [2.05, 4.69) is 36.2 Å². The van der Waals surface area contributed by atoms with Crippen molar-refractivity contribution in [3.05, 3.63) is 64.8 Å². The highest BCUT2D eigenvalue weighted by molar-refractivity contribution is 6.02. The monoisotopic (exact) mass is 376 g/mol. The van der Waals surface area contributed by atoms with Crippen LogP contribution in [-0.4, -0.2) is 16.9 Å². The smallest absolute Gasteiger partial charge is 0.355 e. The minimum atomic E-state index is -4.86. The molecule has 8 heteroatoms. The summed E-state index contributed by atoms with van der Waals surface area (Å²) in [7, 11) is 0. The molecule has 0 aliphatic carbocycles. The molecule has 1 aromatic carbocycles. The number of pyridine rings is 1. The van der Waals surface area contributed by atoms with E-state index in [1.165, 1.54) is 12.3 Å². The quantitative estimate of drug-likeness (QED) is 0.510. The molecule has 142 valence electrons. The molecule has 0 atom stereocenters. The molecule has 0 unspecified atom stereocenters. The van der Waals surface area contributed by atoms with Crippen LogP contribution in [0.3, 0.4) is 0 Å². The number of nitrogens with one attached hydrogen (secondary N) is 2. The predicted octanol–water partition coefficient (Wildman–Crippen LogP) is 5.81. The van der Waals surface area contributed by atoms with E-state index in [0.29, 0.717) is 11.8 Å². The molecule has 0 spiro atoms. The summed E-state index contributed by atoms with van der Waals surface area (Å²) >= 11 is 0. The molecule has 2 aromatic rings. The van der Waals surface area contributed by atoms with Crippen LogP contribution in [-0.2, 0) is 5.41 Å². The fraction of sp³-hybridized carbons (Fsp3) is 0.263. The number of nitrogens with zero attached hydrogens (tertiary/aromatic N) is 2. The minimum Gasteiger partial charge on any atom is -0.355 e. The van der Waals surface area contributed by atoms with Gasteiger partial charge in [-0.15, -0.1) is 4.91 Å². The lowest BCUT2D eigenvalue weighted by Gasteiger charge is -2.19. The molecule has 1 heterocycles. The Morgan fingerprint density at radius 2 is 1.74 bits per heavy atom. The highest BCUT2D eigenvalue weighted by Gasteiger charge is 2.33. The second kappa shape index (κ2) is 7.69. The van der Waals surface area contributed by atoms with Gasteiger partial charge in [0, 0.05) is 17.6 Å². The average Bonchev–Trinajstić information content (AvgIpc) is 2.58. The summed E-state index contributed by atoms with van der Waals surface area (Å²) in [6, 6.07) is 10.7. The summed E-state index contributed by atoms with van der Waals surface area (Å²) in [6.07, 6.45) is -3.16. The van der Waals surface area contributed by atoms with Crippen molar-refractivity contribution in [2.75, 3.05) is 5.32 Å².